The second-order valence-corrected chi connectivity index (χ2v) is 5.45. The Morgan fingerprint density at radius 3 is 2.62 bits per heavy atom. The molecule has 0 N–H and O–H groups in total. The average molecular weight is 353 g/mol. The van der Waals surface area contributed by atoms with Gasteiger partial charge in [-0.15, -0.1) is 0 Å². The Balaban J connectivity index is 3.05. The van der Waals surface area contributed by atoms with Crippen molar-refractivity contribution < 1.29 is 4.74 Å². The molecule has 0 unspecified atom stereocenters. The molecule has 0 radical (unpaired) electrons. The Morgan fingerprint density at radius 1 is 1.50 bits per heavy atom. The van der Waals surface area contributed by atoms with Crippen LogP contribution < -0.4 is 9.64 Å². The monoisotopic (exact) mass is 351 g/mol. The van der Waals surface area contributed by atoms with Crippen molar-refractivity contribution >= 4 is 37.8 Å². The number of aromatic nitrogens is 2. The number of hydrogen-bond donors (Lipinski definition) is 0. The molecule has 0 aromatic carbocycles. The van der Waals surface area contributed by atoms with Crippen LogP contribution in [0, 0.1) is 0 Å². The molecule has 0 amide bonds. The molecule has 0 bridgehead atoms. The lowest BCUT2D eigenvalue weighted by Crippen LogP contribution is -2.43. The maximum atomic E-state index is 5.15. The van der Waals surface area contributed by atoms with Crippen LogP contribution in [0.15, 0.2) is 10.7 Å². The molecule has 0 aliphatic heterocycles. The molecule has 0 atom stereocenters. The van der Waals surface area contributed by atoms with Crippen LogP contribution in [-0.2, 0) is 0 Å². The smallest absolute Gasteiger partial charge is 0.232 e. The summed E-state index contributed by atoms with van der Waals surface area (Å²) < 4.78 is 5.90. The minimum Gasteiger partial charge on any atom is -0.480 e. The third-order valence-electron chi connectivity index (χ3n) is 2.43. The molecule has 0 aliphatic rings. The van der Waals surface area contributed by atoms with Gasteiger partial charge < -0.3 is 9.64 Å². The van der Waals surface area contributed by atoms with E-state index in [0.717, 1.165) is 9.80 Å². The summed E-state index contributed by atoms with van der Waals surface area (Å²) >= 11 is 6.81. The molecule has 0 fully saturated rings. The van der Waals surface area contributed by atoms with Crippen molar-refractivity contribution in [2.75, 3.05) is 24.4 Å². The van der Waals surface area contributed by atoms with Crippen LogP contribution in [0.4, 0.5) is 5.95 Å². The van der Waals surface area contributed by atoms with Crippen LogP contribution >= 0.6 is 31.9 Å². The molecule has 0 saturated carbocycles. The summed E-state index contributed by atoms with van der Waals surface area (Å²) in [4.78, 5) is 10.6. The maximum Gasteiger partial charge on any atom is 0.232 e. The predicted octanol–water partition coefficient (Wildman–Crippen LogP) is 2.86. The number of alkyl halides is 1. The summed E-state index contributed by atoms with van der Waals surface area (Å²) in [6.07, 6.45) is 1.70. The fourth-order valence-electron chi connectivity index (χ4n) is 1.01. The standard InChI is InChI=1S/C10H15Br2N3O/c1-10(2,6-11)15(3)9-13-5-7(12)8(14-9)16-4/h5H,6H2,1-4H3. The first-order chi connectivity index (χ1) is 7.42. The zero-order valence-electron chi connectivity index (χ0n) is 9.79. The summed E-state index contributed by atoms with van der Waals surface area (Å²) in [7, 11) is 3.55. The van der Waals surface area contributed by atoms with Crippen LogP contribution in [-0.4, -0.2) is 35.0 Å². The number of ether oxygens (including phenoxy) is 1. The van der Waals surface area contributed by atoms with Gasteiger partial charge in [-0.2, -0.15) is 4.98 Å². The van der Waals surface area contributed by atoms with E-state index in [1.165, 1.54) is 0 Å². The van der Waals surface area contributed by atoms with Gasteiger partial charge in [-0.25, -0.2) is 4.98 Å². The number of hydrogen-bond acceptors (Lipinski definition) is 4. The highest BCUT2D eigenvalue weighted by molar-refractivity contribution is 9.10. The Morgan fingerprint density at radius 2 is 2.12 bits per heavy atom. The molecule has 16 heavy (non-hydrogen) atoms. The van der Waals surface area contributed by atoms with Gasteiger partial charge in [0.25, 0.3) is 0 Å². The summed E-state index contributed by atoms with van der Waals surface area (Å²) in [5, 5.41) is 0.832. The molecule has 90 valence electrons. The van der Waals surface area contributed by atoms with Gasteiger partial charge in [0, 0.05) is 17.9 Å². The highest BCUT2D eigenvalue weighted by Crippen LogP contribution is 2.26. The van der Waals surface area contributed by atoms with Crippen molar-refractivity contribution in [3.8, 4) is 5.88 Å². The first kappa shape index (κ1) is 13.7. The van der Waals surface area contributed by atoms with Gasteiger partial charge in [0.05, 0.1) is 17.8 Å². The highest BCUT2D eigenvalue weighted by Gasteiger charge is 2.24. The molecule has 6 heteroatoms. The van der Waals surface area contributed by atoms with E-state index in [1.54, 1.807) is 13.3 Å². The van der Waals surface area contributed by atoms with E-state index in [4.69, 9.17) is 4.74 Å². The van der Waals surface area contributed by atoms with Gasteiger partial charge in [-0.1, -0.05) is 15.9 Å². The van der Waals surface area contributed by atoms with Crippen molar-refractivity contribution in [2.24, 2.45) is 0 Å². The Bertz CT molecular complexity index is 371. The van der Waals surface area contributed by atoms with Crippen molar-refractivity contribution in [3.63, 3.8) is 0 Å². The Labute approximate surface area is 113 Å². The van der Waals surface area contributed by atoms with E-state index in [9.17, 15) is 0 Å². The molecule has 1 rings (SSSR count). The molecule has 0 aliphatic carbocycles. The van der Waals surface area contributed by atoms with Crippen LogP contribution in [0.3, 0.4) is 0 Å². The number of halogens is 2. The first-order valence-electron chi connectivity index (χ1n) is 4.78. The van der Waals surface area contributed by atoms with Gasteiger partial charge in [0.15, 0.2) is 0 Å². The fourth-order valence-corrected chi connectivity index (χ4v) is 1.74. The highest BCUT2D eigenvalue weighted by atomic mass is 79.9. The van der Waals surface area contributed by atoms with E-state index < -0.39 is 0 Å². The van der Waals surface area contributed by atoms with Gasteiger partial charge in [-0.05, 0) is 29.8 Å². The minimum absolute atomic E-state index is 0.0567. The second-order valence-electron chi connectivity index (χ2n) is 4.03. The summed E-state index contributed by atoms with van der Waals surface area (Å²) in [6.45, 7) is 4.22. The number of rotatable bonds is 4. The SMILES string of the molecule is COc1nc(N(C)C(C)(C)CBr)ncc1Br. The van der Waals surface area contributed by atoms with E-state index >= 15 is 0 Å². The van der Waals surface area contributed by atoms with Gasteiger partial charge >= 0.3 is 0 Å². The lowest BCUT2D eigenvalue weighted by Gasteiger charge is -2.34. The lowest BCUT2D eigenvalue weighted by atomic mass is 10.1. The summed E-state index contributed by atoms with van der Waals surface area (Å²) in [6, 6.07) is 0. The molecule has 0 saturated heterocycles. The molecule has 1 aromatic heterocycles. The second kappa shape index (κ2) is 5.31. The minimum atomic E-state index is -0.0567. The van der Waals surface area contributed by atoms with Crippen LogP contribution in [0.1, 0.15) is 13.8 Å². The molecular formula is C10H15Br2N3O. The Hall–Kier alpha value is -0.360. The first-order valence-corrected chi connectivity index (χ1v) is 6.70. The molecule has 4 nitrogen and oxygen atoms in total. The lowest BCUT2D eigenvalue weighted by molar-refractivity contribution is 0.392. The molecule has 1 heterocycles. The molecule has 0 spiro atoms. The Kier molecular flexibility index (Phi) is 4.55. The van der Waals surface area contributed by atoms with Gasteiger partial charge in [0.1, 0.15) is 0 Å². The van der Waals surface area contributed by atoms with Crippen LogP contribution in [0.25, 0.3) is 0 Å². The van der Waals surface area contributed by atoms with E-state index in [-0.39, 0.29) is 5.54 Å². The van der Waals surface area contributed by atoms with E-state index in [2.05, 4.69) is 55.7 Å². The maximum absolute atomic E-state index is 5.15. The fraction of sp³-hybridized carbons (Fsp3) is 0.600. The van der Waals surface area contributed by atoms with Gasteiger partial charge in [-0.3, -0.25) is 0 Å². The number of nitrogens with zero attached hydrogens (tertiary/aromatic N) is 3. The number of methoxy groups -OCH3 is 1. The third-order valence-corrected chi connectivity index (χ3v) is 4.34. The summed E-state index contributed by atoms with van der Waals surface area (Å²) in [5.41, 5.74) is -0.0567. The normalized spacial score (nSPS) is 11.4. The average Bonchev–Trinajstić information content (AvgIpc) is 2.28. The van der Waals surface area contributed by atoms with Crippen molar-refractivity contribution in [1.29, 1.82) is 0 Å². The van der Waals surface area contributed by atoms with Crippen LogP contribution in [0.5, 0.6) is 5.88 Å². The predicted molar refractivity (Wildman–Crippen MR) is 72.6 cm³/mol. The quantitative estimate of drug-likeness (QED) is 0.781. The number of anilines is 1. The zero-order chi connectivity index (χ0) is 12.3. The molecule has 1 aromatic rings. The molecular weight excluding hydrogens is 338 g/mol. The summed E-state index contributed by atoms with van der Waals surface area (Å²) in [5.74, 6) is 1.19. The van der Waals surface area contributed by atoms with Crippen LogP contribution in [0.2, 0.25) is 0 Å². The van der Waals surface area contributed by atoms with Gasteiger partial charge in [0.2, 0.25) is 11.8 Å². The van der Waals surface area contributed by atoms with E-state index in [0.29, 0.717) is 11.8 Å². The zero-order valence-corrected chi connectivity index (χ0v) is 13.0. The van der Waals surface area contributed by atoms with Crippen molar-refractivity contribution in [3.05, 3.63) is 10.7 Å². The third kappa shape index (κ3) is 2.85. The van der Waals surface area contributed by atoms with E-state index in [1.807, 2.05) is 11.9 Å². The topological polar surface area (TPSA) is 38.2 Å². The van der Waals surface area contributed by atoms with Crippen molar-refractivity contribution in [2.45, 2.75) is 19.4 Å². The van der Waals surface area contributed by atoms with Crippen molar-refractivity contribution in [1.82, 2.24) is 9.97 Å². The largest absolute Gasteiger partial charge is 0.480 e.